The first-order chi connectivity index (χ1) is 5.84. The van der Waals surface area contributed by atoms with Crippen LogP contribution in [0.25, 0.3) is 0 Å². The Hall–Kier alpha value is -0.850. The van der Waals surface area contributed by atoms with Gasteiger partial charge in [-0.05, 0) is 19.3 Å². The molecule has 0 spiro atoms. The molecule has 1 aliphatic carbocycles. The highest BCUT2D eigenvalue weighted by Gasteiger charge is 2.06. The van der Waals surface area contributed by atoms with E-state index in [1.807, 2.05) is 6.08 Å². The Bertz CT molecular complexity index is 211. The number of hydrogen-bond acceptors (Lipinski definition) is 1. The van der Waals surface area contributed by atoms with Crippen LogP contribution in [0.15, 0.2) is 23.8 Å². The smallest absolute Gasteiger partial charge is 0.162 e. The summed E-state index contributed by atoms with van der Waals surface area (Å²) in [6.07, 6.45) is 11.0. The summed E-state index contributed by atoms with van der Waals surface area (Å²) in [5, 5.41) is 0. The van der Waals surface area contributed by atoms with Crippen LogP contribution in [0.3, 0.4) is 0 Å². The molecule has 0 amide bonds. The molecule has 0 bridgehead atoms. The topological polar surface area (TPSA) is 17.1 Å². The van der Waals surface area contributed by atoms with E-state index in [0.717, 1.165) is 31.3 Å². The quantitative estimate of drug-likeness (QED) is 0.624. The minimum atomic E-state index is 0.313. The third-order valence-corrected chi connectivity index (χ3v) is 2.07. The highest BCUT2D eigenvalue weighted by atomic mass is 16.1. The van der Waals surface area contributed by atoms with Crippen molar-refractivity contribution in [2.24, 2.45) is 0 Å². The minimum Gasteiger partial charge on any atom is -0.294 e. The number of carbonyl (C=O) groups excluding carboxylic acids is 1. The lowest BCUT2D eigenvalue weighted by Gasteiger charge is -2.04. The van der Waals surface area contributed by atoms with Gasteiger partial charge in [-0.3, -0.25) is 4.79 Å². The van der Waals surface area contributed by atoms with Gasteiger partial charge in [-0.25, -0.2) is 0 Å². The Morgan fingerprint density at radius 3 is 2.92 bits per heavy atom. The van der Waals surface area contributed by atoms with Gasteiger partial charge in [-0.15, -0.1) is 0 Å². The van der Waals surface area contributed by atoms with Crippen LogP contribution in [-0.4, -0.2) is 5.78 Å². The fraction of sp³-hybridized carbons (Fsp3) is 0.545. The zero-order chi connectivity index (χ0) is 8.81. The Morgan fingerprint density at radius 2 is 2.33 bits per heavy atom. The molecule has 0 atom stereocenters. The lowest BCUT2D eigenvalue weighted by Crippen LogP contribution is -2.01. The lowest BCUT2D eigenvalue weighted by molar-refractivity contribution is -0.115. The molecule has 0 unspecified atom stereocenters. The maximum absolute atomic E-state index is 11.4. The van der Waals surface area contributed by atoms with Crippen LogP contribution >= 0.6 is 0 Å². The van der Waals surface area contributed by atoms with Gasteiger partial charge in [0.25, 0.3) is 0 Å². The second-order valence-electron chi connectivity index (χ2n) is 3.17. The van der Waals surface area contributed by atoms with E-state index in [2.05, 4.69) is 19.1 Å². The molecule has 0 saturated carbocycles. The van der Waals surface area contributed by atoms with Crippen molar-refractivity contribution in [1.29, 1.82) is 0 Å². The zero-order valence-corrected chi connectivity index (χ0v) is 7.68. The van der Waals surface area contributed by atoms with E-state index in [1.165, 1.54) is 0 Å². The fourth-order valence-corrected chi connectivity index (χ4v) is 1.30. The molecule has 1 nitrogen and oxygen atoms in total. The molecular weight excluding hydrogens is 148 g/mol. The lowest BCUT2D eigenvalue weighted by atomic mass is 10.0. The molecule has 1 heteroatoms. The Labute approximate surface area is 74.2 Å². The average Bonchev–Trinajstić information content (AvgIpc) is 2.15. The number of ketones is 1. The highest BCUT2D eigenvalue weighted by molar-refractivity contribution is 5.98. The molecule has 0 radical (unpaired) electrons. The normalized spacial score (nSPS) is 15.9. The molecule has 1 aliphatic rings. The molecular formula is C11H16O. The van der Waals surface area contributed by atoms with E-state index < -0.39 is 0 Å². The van der Waals surface area contributed by atoms with Crippen LogP contribution in [0, 0.1) is 0 Å². The van der Waals surface area contributed by atoms with E-state index in [4.69, 9.17) is 0 Å². The second-order valence-corrected chi connectivity index (χ2v) is 3.17. The van der Waals surface area contributed by atoms with Crippen molar-refractivity contribution in [3.63, 3.8) is 0 Å². The monoisotopic (exact) mass is 164 g/mol. The van der Waals surface area contributed by atoms with Crippen LogP contribution in [0.4, 0.5) is 0 Å². The van der Waals surface area contributed by atoms with E-state index >= 15 is 0 Å². The predicted octanol–water partition coefficient (Wildman–Crippen LogP) is 3.02. The second kappa shape index (κ2) is 4.91. The molecule has 0 aromatic rings. The Kier molecular flexibility index (Phi) is 3.78. The van der Waals surface area contributed by atoms with Gasteiger partial charge in [0.1, 0.15) is 0 Å². The number of Topliss-reactive ketones (excluding diaryl/α,β-unsaturated/α-hetero) is 1. The van der Waals surface area contributed by atoms with Gasteiger partial charge in [-0.1, -0.05) is 31.6 Å². The number of hydrogen-bond donors (Lipinski definition) is 0. The van der Waals surface area contributed by atoms with E-state index in [9.17, 15) is 4.79 Å². The molecule has 12 heavy (non-hydrogen) atoms. The van der Waals surface area contributed by atoms with Gasteiger partial charge in [0, 0.05) is 12.0 Å². The van der Waals surface area contributed by atoms with Gasteiger partial charge < -0.3 is 0 Å². The van der Waals surface area contributed by atoms with Crippen molar-refractivity contribution >= 4 is 5.78 Å². The van der Waals surface area contributed by atoms with E-state index in [1.54, 1.807) is 0 Å². The molecule has 0 saturated heterocycles. The number of allylic oxidation sites excluding steroid dienone is 4. The van der Waals surface area contributed by atoms with E-state index in [0.29, 0.717) is 12.2 Å². The van der Waals surface area contributed by atoms with E-state index in [-0.39, 0.29) is 0 Å². The Morgan fingerprint density at radius 1 is 1.50 bits per heavy atom. The van der Waals surface area contributed by atoms with Crippen molar-refractivity contribution in [3.05, 3.63) is 23.8 Å². The van der Waals surface area contributed by atoms with Crippen molar-refractivity contribution in [2.45, 2.75) is 39.0 Å². The van der Waals surface area contributed by atoms with Gasteiger partial charge in [0.05, 0.1) is 0 Å². The first-order valence-electron chi connectivity index (χ1n) is 4.74. The highest BCUT2D eigenvalue weighted by Crippen LogP contribution is 2.13. The zero-order valence-electron chi connectivity index (χ0n) is 7.68. The minimum absolute atomic E-state index is 0.313. The van der Waals surface area contributed by atoms with Gasteiger partial charge in [-0.2, -0.15) is 0 Å². The molecule has 0 N–H and O–H groups in total. The maximum atomic E-state index is 11.4. The van der Waals surface area contributed by atoms with Crippen LogP contribution in [-0.2, 0) is 4.79 Å². The van der Waals surface area contributed by atoms with Gasteiger partial charge in [0.2, 0.25) is 0 Å². The third-order valence-electron chi connectivity index (χ3n) is 2.07. The van der Waals surface area contributed by atoms with Gasteiger partial charge >= 0.3 is 0 Å². The van der Waals surface area contributed by atoms with Crippen LogP contribution < -0.4 is 0 Å². The first kappa shape index (κ1) is 9.24. The third kappa shape index (κ3) is 2.65. The number of unbranched alkanes of at least 4 members (excludes halogenated alkanes) is 1. The van der Waals surface area contributed by atoms with Crippen molar-refractivity contribution in [1.82, 2.24) is 0 Å². The molecule has 0 aromatic heterocycles. The Balaban J connectivity index is 2.41. The summed E-state index contributed by atoms with van der Waals surface area (Å²) < 4.78 is 0. The molecule has 0 aliphatic heterocycles. The van der Waals surface area contributed by atoms with Crippen molar-refractivity contribution in [2.75, 3.05) is 0 Å². The summed E-state index contributed by atoms with van der Waals surface area (Å²) in [6.45, 7) is 2.11. The van der Waals surface area contributed by atoms with Crippen molar-refractivity contribution < 1.29 is 4.79 Å². The number of carbonyl (C=O) groups is 1. The van der Waals surface area contributed by atoms with Crippen LogP contribution in [0.1, 0.15) is 39.0 Å². The van der Waals surface area contributed by atoms with Crippen molar-refractivity contribution in [3.8, 4) is 0 Å². The molecule has 0 aromatic carbocycles. The van der Waals surface area contributed by atoms with Crippen LogP contribution in [0.5, 0.6) is 0 Å². The van der Waals surface area contributed by atoms with Gasteiger partial charge in [0.15, 0.2) is 5.78 Å². The average molecular weight is 164 g/mol. The summed E-state index contributed by atoms with van der Waals surface area (Å²) in [7, 11) is 0. The molecule has 0 heterocycles. The summed E-state index contributed by atoms with van der Waals surface area (Å²) in [5.41, 5.74) is 0.926. The standard InChI is InChI=1S/C11H16O/c1-2-3-9-11(12)10-7-5-4-6-8-10/h5,7-8H,2-4,6,9H2,1H3. The first-order valence-corrected chi connectivity index (χ1v) is 4.74. The van der Waals surface area contributed by atoms with Crippen LogP contribution in [0.2, 0.25) is 0 Å². The summed E-state index contributed by atoms with van der Waals surface area (Å²) in [6, 6.07) is 0. The molecule has 1 rings (SSSR count). The molecule has 0 fully saturated rings. The largest absolute Gasteiger partial charge is 0.294 e. The predicted molar refractivity (Wildman–Crippen MR) is 51.0 cm³/mol. The summed E-state index contributed by atoms with van der Waals surface area (Å²) in [5.74, 6) is 0.313. The fourth-order valence-electron chi connectivity index (χ4n) is 1.30. The molecule has 66 valence electrons. The number of rotatable bonds is 4. The SMILES string of the molecule is CCCCC(=O)C1=CCCC=C1. The summed E-state index contributed by atoms with van der Waals surface area (Å²) >= 11 is 0. The summed E-state index contributed by atoms with van der Waals surface area (Å²) in [4.78, 5) is 11.4. The maximum Gasteiger partial charge on any atom is 0.162 e.